The van der Waals surface area contributed by atoms with Crippen LogP contribution in [-0.4, -0.2) is 0 Å². The van der Waals surface area contributed by atoms with E-state index in [0.717, 1.165) is 27.1 Å². The molecule has 0 fully saturated rings. The molecular weight excluding hydrogens is 290 g/mol. The highest BCUT2D eigenvalue weighted by molar-refractivity contribution is 9.10. The molecule has 0 heterocycles. The topological polar surface area (TPSA) is 61.8 Å². The Kier molecular flexibility index (Phi) is 3.54. The van der Waals surface area contributed by atoms with E-state index < -0.39 is 0 Å². The third kappa shape index (κ3) is 2.63. The zero-order chi connectivity index (χ0) is 13.1. The molecule has 2 rings (SSSR count). The third-order valence-electron chi connectivity index (χ3n) is 2.65. The van der Waals surface area contributed by atoms with Crippen LogP contribution in [0.25, 0.3) is 0 Å². The van der Waals surface area contributed by atoms with Gasteiger partial charge in [-0.05, 0) is 48.9 Å². The molecule has 0 spiro atoms. The molecule has 3 nitrogen and oxygen atoms in total. The Morgan fingerprint density at radius 3 is 2.67 bits per heavy atom. The Balaban J connectivity index is 2.34. The number of hydrogen-bond donors (Lipinski definition) is 2. The van der Waals surface area contributed by atoms with E-state index >= 15 is 0 Å². The predicted molar refractivity (Wildman–Crippen MR) is 77.7 cm³/mol. The van der Waals surface area contributed by atoms with Crippen molar-refractivity contribution in [3.05, 3.63) is 52.0 Å². The van der Waals surface area contributed by atoms with Crippen molar-refractivity contribution in [1.29, 1.82) is 5.26 Å². The van der Waals surface area contributed by atoms with E-state index in [2.05, 4.69) is 27.3 Å². The quantitative estimate of drug-likeness (QED) is 0.826. The molecular formula is C14H12BrN3. The second kappa shape index (κ2) is 5.11. The fourth-order valence-electron chi connectivity index (χ4n) is 1.63. The minimum Gasteiger partial charge on any atom is -0.399 e. The minimum atomic E-state index is 0.596. The van der Waals surface area contributed by atoms with Gasteiger partial charge in [0.2, 0.25) is 0 Å². The van der Waals surface area contributed by atoms with Gasteiger partial charge in [-0.2, -0.15) is 5.26 Å². The van der Waals surface area contributed by atoms with Gasteiger partial charge < -0.3 is 11.1 Å². The van der Waals surface area contributed by atoms with E-state index in [1.54, 1.807) is 6.07 Å². The molecule has 0 amide bonds. The molecule has 0 aromatic heterocycles. The van der Waals surface area contributed by atoms with Gasteiger partial charge in [0.15, 0.2) is 0 Å². The number of nitriles is 1. The summed E-state index contributed by atoms with van der Waals surface area (Å²) in [5, 5.41) is 12.3. The lowest BCUT2D eigenvalue weighted by Gasteiger charge is -2.10. The molecule has 0 radical (unpaired) electrons. The first-order valence-corrected chi connectivity index (χ1v) is 6.22. The molecule has 0 unspecified atom stereocenters. The summed E-state index contributed by atoms with van der Waals surface area (Å²) in [5.74, 6) is 0. The van der Waals surface area contributed by atoms with Crippen molar-refractivity contribution in [3.63, 3.8) is 0 Å². The normalized spacial score (nSPS) is 9.83. The van der Waals surface area contributed by atoms with Crippen LogP contribution in [0.3, 0.4) is 0 Å². The summed E-state index contributed by atoms with van der Waals surface area (Å²) >= 11 is 3.35. The van der Waals surface area contributed by atoms with E-state index in [1.165, 1.54) is 0 Å². The molecule has 0 bridgehead atoms. The van der Waals surface area contributed by atoms with Crippen LogP contribution in [0.2, 0.25) is 0 Å². The maximum atomic E-state index is 9.09. The first kappa shape index (κ1) is 12.5. The highest BCUT2D eigenvalue weighted by Crippen LogP contribution is 2.25. The number of halogens is 1. The monoisotopic (exact) mass is 301 g/mol. The van der Waals surface area contributed by atoms with Gasteiger partial charge in [0.05, 0.1) is 11.3 Å². The zero-order valence-corrected chi connectivity index (χ0v) is 11.5. The summed E-state index contributed by atoms with van der Waals surface area (Å²) in [6, 6.07) is 13.4. The van der Waals surface area contributed by atoms with Crippen LogP contribution in [0.1, 0.15) is 11.1 Å². The molecule has 4 heteroatoms. The first-order valence-electron chi connectivity index (χ1n) is 5.43. The molecule has 0 aliphatic heterocycles. The summed E-state index contributed by atoms with van der Waals surface area (Å²) in [4.78, 5) is 0. The Hall–Kier alpha value is -1.99. The van der Waals surface area contributed by atoms with Gasteiger partial charge in [-0.1, -0.05) is 15.9 Å². The summed E-state index contributed by atoms with van der Waals surface area (Å²) in [6.07, 6.45) is 0. The summed E-state index contributed by atoms with van der Waals surface area (Å²) in [6.45, 7) is 1.95. The Morgan fingerprint density at radius 2 is 2.00 bits per heavy atom. The maximum absolute atomic E-state index is 9.09. The number of nitrogen functional groups attached to an aromatic ring is 1. The number of nitrogens with two attached hydrogens (primary N) is 1. The van der Waals surface area contributed by atoms with Crippen LogP contribution >= 0.6 is 15.9 Å². The van der Waals surface area contributed by atoms with Gasteiger partial charge in [-0.3, -0.25) is 0 Å². The predicted octanol–water partition coefficient (Wildman–Crippen LogP) is 3.96. The summed E-state index contributed by atoms with van der Waals surface area (Å²) in [7, 11) is 0. The molecule has 2 aromatic rings. The van der Waals surface area contributed by atoms with Gasteiger partial charge in [0.1, 0.15) is 6.07 Å². The molecule has 0 saturated heterocycles. The van der Waals surface area contributed by atoms with Crippen molar-refractivity contribution < 1.29 is 0 Å². The van der Waals surface area contributed by atoms with Crippen molar-refractivity contribution >= 4 is 33.0 Å². The van der Waals surface area contributed by atoms with Crippen molar-refractivity contribution in [3.8, 4) is 6.07 Å². The van der Waals surface area contributed by atoms with Crippen molar-refractivity contribution in [2.45, 2.75) is 6.92 Å². The number of nitrogens with one attached hydrogen (secondary N) is 1. The van der Waals surface area contributed by atoms with Gasteiger partial charge in [-0.15, -0.1) is 0 Å². The molecule has 0 atom stereocenters. The molecule has 2 aromatic carbocycles. The summed E-state index contributed by atoms with van der Waals surface area (Å²) in [5.41, 5.74) is 9.84. The SMILES string of the molecule is Cc1cc(Nc2ccc(Br)cc2C#N)ccc1N. The lowest BCUT2D eigenvalue weighted by molar-refractivity contribution is 1.43. The average molecular weight is 302 g/mol. The standard InChI is InChI=1S/C14H12BrN3/c1-9-6-12(3-4-13(9)17)18-14-5-2-11(15)7-10(14)8-16/h2-7,18H,17H2,1H3. The fourth-order valence-corrected chi connectivity index (χ4v) is 1.99. The van der Waals surface area contributed by atoms with Gasteiger partial charge in [0, 0.05) is 15.8 Å². The highest BCUT2D eigenvalue weighted by atomic mass is 79.9. The number of anilines is 3. The van der Waals surface area contributed by atoms with Crippen LogP contribution in [0.5, 0.6) is 0 Å². The largest absolute Gasteiger partial charge is 0.399 e. The molecule has 18 heavy (non-hydrogen) atoms. The molecule has 0 aliphatic rings. The van der Waals surface area contributed by atoms with Crippen LogP contribution in [0.4, 0.5) is 17.1 Å². The number of aryl methyl sites for hydroxylation is 1. The average Bonchev–Trinajstić information content (AvgIpc) is 2.36. The van der Waals surface area contributed by atoms with Crippen LogP contribution in [0.15, 0.2) is 40.9 Å². The molecule has 0 aliphatic carbocycles. The highest BCUT2D eigenvalue weighted by Gasteiger charge is 2.04. The number of benzene rings is 2. The van der Waals surface area contributed by atoms with E-state index in [9.17, 15) is 0 Å². The van der Waals surface area contributed by atoms with Gasteiger partial charge in [-0.25, -0.2) is 0 Å². The number of hydrogen-bond acceptors (Lipinski definition) is 3. The first-order chi connectivity index (χ1) is 8.60. The van der Waals surface area contributed by atoms with Crippen LogP contribution in [0, 0.1) is 18.3 Å². The minimum absolute atomic E-state index is 0.596. The van der Waals surface area contributed by atoms with Gasteiger partial charge in [0.25, 0.3) is 0 Å². The van der Waals surface area contributed by atoms with Gasteiger partial charge >= 0.3 is 0 Å². The lowest BCUT2D eigenvalue weighted by Crippen LogP contribution is -1.96. The van der Waals surface area contributed by atoms with Crippen LogP contribution < -0.4 is 11.1 Å². The molecule has 3 N–H and O–H groups in total. The van der Waals surface area contributed by atoms with Crippen LogP contribution in [-0.2, 0) is 0 Å². The zero-order valence-electron chi connectivity index (χ0n) is 9.87. The molecule has 90 valence electrons. The van der Waals surface area contributed by atoms with Crippen molar-refractivity contribution in [2.24, 2.45) is 0 Å². The van der Waals surface area contributed by atoms with E-state index in [-0.39, 0.29) is 0 Å². The Bertz CT molecular complexity index is 629. The smallest absolute Gasteiger partial charge is 0.101 e. The number of rotatable bonds is 2. The van der Waals surface area contributed by atoms with E-state index in [4.69, 9.17) is 11.0 Å². The Morgan fingerprint density at radius 1 is 1.22 bits per heavy atom. The van der Waals surface area contributed by atoms with E-state index in [0.29, 0.717) is 5.56 Å². The molecule has 0 saturated carbocycles. The lowest BCUT2D eigenvalue weighted by atomic mass is 10.1. The fraction of sp³-hybridized carbons (Fsp3) is 0.0714. The Labute approximate surface area is 114 Å². The number of nitrogens with zero attached hydrogens (tertiary/aromatic N) is 1. The second-order valence-corrected chi connectivity index (χ2v) is 4.91. The van der Waals surface area contributed by atoms with Crippen molar-refractivity contribution in [2.75, 3.05) is 11.1 Å². The van der Waals surface area contributed by atoms with E-state index in [1.807, 2.05) is 37.3 Å². The maximum Gasteiger partial charge on any atom is 0.101 e. The second-order valence-electron chi connectivity index (χ2n) is 4.00. The van der Waals surface area contributed by atoms with Crippen molar-refractivity contribution in [1.82, 2.24) is 0 Å². The summed E-state index contributed by atoms with van der Waals surface area (Å²) < 4.78 is 0.887. The third-order valence-corrected chi connectivity index (χ3v) is 3.14.